The van der Waals surface area contributed by atoms with Gasteiger partial charge in [0, 0.05) is 36.7 Å². The molecule has 1 aliphatic heterocycles. The van der Waals surface area contributed by atoms with E-state index in [1.54, 1.807) is 20.3 Å². The summed E-state index contributed by atoms with van der Waals surface area (Å²) in [4.78, 5) is 17.8. The van der Waals surface area contributed by atoms with E-state index in [1.807, 2.05) is 17.0 Å². The monoisotopic (exact) mass is 433 g/mol. The predicted molar refractivity (Wildman–Crippen MR) is 123 cm³/mol. The highest BCUT2D eigenvalue weighted by Gasteiger charge is 2.22. The Morgan fingerprint density at radius 1 is 1.30 bits per heavy atom. The molecule has 0 saturated carbocycles. The van der Waals surface area contributed by atoms with E-state index >= 15 is 0 Å². The van der Waals surface area contributed by atoms with Gasteiger partial charge >= 0.3 is 0 Å². The molecule has 1 fully saturated rings. The largest absolute Gasteiger partial charge is 0.493 e. The van der Waals surface area contributed by atoms with Crippen LogP contribution in [0, 0.1) is 0 Å². The molecular weight excluding hydrogens is 402 g/mol. The molecule has 0 unspecified atom stereocenters. The fourth-order valence-corrected chi connectivity index (χ4v) is 3.88. The molecule has 1 atom stereocenters. The average molecular weight is 434 g/mol. The molecule has 30 heavy (non-hydrogen) atoms. The topological polar surface area (TPSA) is 75.8 Å². The first kappa shape index (κ1) is 22.4. The van der Waals surface area contributed by atoms with Gasteiger partial charge < -0.3 is 29.4 Å². The fraction of sp³-hybridized carbons (Fsp3) is 0.545. The Morgan fingerprint density at radius 3 is 2.73 bits per heavy atom. The number of unbranched alkanes of at least 4 members (excludes halogenated alkanes) is 1. The van der Waals surface area contributed by atoms with E-state index in [2.05, 4.69) is 17.2 Å². The molecule has 8 heteroatoms. The lowest BCUT2D eigenvalue weighted by Gasteiger charge is -2.28. The van der Waals surface area contributed by atoms with Crippen molar-refractivity contribution < 1.29 is 14.2 Å². The summed E-state index contributed by atoms with van der Waals surface area (Å²) >= 11 is 5.64. The number of aromatic nitrogens is 1. The lowest BCUT2D eigenvalue weighted by Crippen LogP contribution is -2.44. The molecule has 0 aliphatic carbocycles. The Bertz CT molecular complexity index is 924. The summed E-state index contributed by atoms with van der Waals surface area (Å²) in [6.07, 6.45) is 4.36. The van der Waals surface area contributed by atoms with Crippen LogP contribution in [0.15, 0.2) is 23.0 Å². The van der Waals surface area contributed by atoms with Crippen molar-refractivity contribution in [3.63, 3.8) is 0 Å². The number of hydrogen-bond donors (Lipinski definition) is 2. The van der Waals surface area contributed by atoms with Crippen molar-refractivity contribution in [3.05, 3.63) is 34.1 Å². The van der Waals surface area contributed by atoms with Crippen molar-refractivity contribution in [2.45, 2.75) is 45.3 Å². The van der Waals surface area contributed by atoms with Crippen LogP contribution in [0.5, 0.6) is 11.5 Å². The third-order valence-corrected chi connectivity index (χ3v) is 5.73. The maximum Gasteiger partial charge on any atom is 0.253 e. The molecule has 1 saturated heterocycles. The van der Waals surface area contributed by atoms with Gasteiger partial charge in [-0.05, 0) is 43.6 Å². The minimum absolute atomic E-state index is 0.136. The first-order chi connectivity index (χ1) is 14.5. The molecule has 0 radical (unpaired) electrons. The zero-order valence-corrected chi connectivity index (χ0v) is 18.8. The molecule has 0 amide bonds. The van der Waals surface area contributed by atoms with E-state index < -0.39 is 0 Å². The van der Waals surface area contributed by atoms with Gasteiger partial charge in [0.2, 0.25) is 0 Å². The lowest BCUT2D eigenvalue weighted by atomic mass is 10.1. The molecule has 3 rings (SSSR count). The Kier molecular flexibility index (Phi) is 7.93. The third-order valence-electron chi connectivity index (χ3n) is 5.33. The van der Waals surface area contributed by atoms with Crippen LogP contribution in [-0.4, -0.2) is 55.0 Å². The van der Waals surface area contributed by atoms with E-state index in [-0.39, 0.29) is 11.7 Å². The highest BCUT2D eigenvalue weighted by Crippen LogP contribution is 2.31. The smallest absolute Gasteiger partial charge is 0.253 e. The van der Waals surface area contributed by atoms with E-state index in [0.717, 1.165) is 44.2 Å². The average Bonchev–Trinajstić information content (AvgIpc) is 3.26. The standard InChI is InChI=1S/C22H31N3O4S/c1-4-5-8-23-22(30)25(14-17-7-6-9-29-17)13-16-10-15-11-19(27-2)20(28-3)12-18(15)24-21(16)26/h10-12,17H,4-9,13-14H2,1-3H3,(H,23,30)(H,24,26)/t17-/m1/s1. The maximum absolute atomic E-state index is 12.8. The molecular formula is C22H31N3O4S. The molecule has 1 aromatic heterocycles. The minimum Gasteiger partial charge on any atom is -0.493 e. The Labute approximate surface area is 182 Å². The van der Waals surface area contributed by atoms with Gasteiger partial charge in [-0.3, -0.25) is 4.79 Å². The number of rotatable bonds is 9. The van der Waals surface area contributed by atoms with E-state index in [0.29, 0.717) is 40.8 Å². The van der Waals surface area contributed by atoms with E-state index in [9.17, 15) is 4.79 Å². The third kappa shape index (κ3) is 5.43. The minimum atomic E-state index is -0.136. The fourth-order valence-electron chi connectivity index (χ4n) is 3.64. The summed E-state index contributed by atoms with van der Waals surface area (Å²) in [5, 5.41) is 4.86. The van der Waals surface area contributed by atoms with Crippen molar-refractivity contribution in [1.29, 1.82) is 0 Å². The highest BCUT2D eigenvalue weighted by molar-refractivity contribution is 7.80. The molecule has 2 aromatic rings. The second kappa shape index (κ2) is 10.6. The molecule has 0 spiro atoms. The quantitative estimate of drug-likeness (QED) is 0.465. The van der Waals surface area contributed by atoms with Gasteiger partial charge in [-0.1, -0.05) is 13.3 Å². The van der Waals surface area contributed by atoms with Crippen molar-refractivity contribution in [2.75, 3.05) is 33.9 Å². The summed E-state index contributed by atoms with van der Waals surface area (Å²) in [7, 11) is 3.17. The molecule has 164 valence electrons. The molecule has 0 bridgehead atoms. The van der Waals surface area contributed by atoms with Crippen LogP contribution in [0.1, 0.15) is 38.2 Å². The number of thiocarbonyl (C=S) groups is 1. The highest BCUT2D eigenvalue weighted by atomic mass is 32.1. The van der Waals surface area contributed by atoms with Crippen molar-refractivity contribution in [1.82, 2.24) is 15.2 Å². The number of aromatic amines is 1. The van der Waals surface area contributed by atoms with Crippen LogP contribution in [0.4, 0.5) is 0 Å². The van der Waals surface area contributed by atoms with Crippen LogP contribution >= 0.6 is 12.2 Å². The zero-order chi connectivity index (χ0) is 21.5. The van der Waals surface area contributed by atoms with Crippen molar-refractivity contribution in [2.24, 2.45) is 0 Å². The Morgan fingerprint density at radius 2 is 2.07 bits per heavy atom. The van der Waals surface area contributed by atoms with E-state index in [1.165, 1.54) is 0 Å². The van der Waals surface area contributed by atoms with Gasteiger partial charge in [0.25, 0.3) is 5.56 Å². The van der Waals surface area contributed by atoms with Crippen LogP contribution in [-0.2, 0) is 11.3 Å². The van der Waals surface area contributed by atoms with Gasteiger partial charge in [-0.15, -0.1) is 0 Å². The van der Waals surface area contributed by atoms with Crippen LogP contribution in [0.3, 0.4) is 0 Å². The zero-order valence-electron chi connectivity index (χ0n) is 18.0. The number of pyridine rings is 1. The second-order valence-electron chi connectivity index (χ2n) is 7.52. The Balaban J connectivity index is 1.86. The number of nitrogens with zero attached hydrogens (tertiary/aromatic N) is 1. The molecule has 2 N–H and O–H groups in total. The number of benzene rings is 1. The van der Waals surface area contributed by atoms with Crippen LogP contribution in [0.25, 0.3) is 10.9 Å². The van der Waals surface area contributed by atoms with Crippen LogP contribution in [0.2, 0.25) is 0 Å². The summed E-state index contributed by atoms with van der Waals surface area (Å²) in [5.41, 5.74) is 1.21. The van der Waals surface area contributed by atoms with Gasteiger partial charge in [-0.2, -0.15) is 0 Å². The number of hydrogen-bond acceptors (Lipinski definition) is 5. The molecule has 1 aliphatic rings. The summed E-state index contributed by atoms with van der Waals surface area (Å²) in [5.74, 6) is 1.20. The van der Waals surface area contributed by atoms with Gasteiger partial charge in [0.1, 0.15) is 0 Å². The Hall–Kier alpha value is -2.32. The van der Waals surface area contributed by atoms with Gasteiger partial charge in [0.05, 0.1) is 32.4 Å². The van der Waals surface area contributed by atoms with Crippen molar-refractivity contribution >= 4 is 28.2 Å². The SMILES string of the molecule is CCCCNC(=S)N(Cc1cc2cc(OC)c(OC)cc2[nH]c1=O)C[C@H]1CCCO1. The summed E-state index contributed by atoms with van der Waals surface area (Å²) < 4.78 is 16.5. The first-order valence-electron chi connectivity index (χ1n) is 10.5. The molecule has 7 nitrogen and oxygen atoms in total. The number of H-pyrrole nitrogens is 1. The van der Waals surface area contributed by atoms with Gasteiger partial charge in [-0.25, -0.2) is 0 Å². The second-order valence-corrected chi connectivity index (χ2v) is 7.91. The number of ether oxygens (including phenoxy) is 3. The lowest BCUT2D eigenvalue weighted by molar-refractivity contribution is 0.0897. The van der Waals surface area contributed by atoms with Crippen molar-refractivity contribution in [3.8, 4) is 11.5 Å². The normalized spacial score (nSPS) is 15.9. The predicted octanol–water partition coefficient (Wildman–Crippen LogP) is 3.20. The number of nitrogens with one attached hydrogen (secondary N) is 2. The molecule has 1 aromatic carbocycles. The van der Waals surface area contributed by atoms with Crippen LogP contribution < -0.4 is 20.3 Å². The maximum atomic E-state index is 12.8. The first-order valence-corrected chi connectivity index (χ1v) is 10.9. The number of methoxy groups -OCH3 is 2. The van der Waals surface area contributed by atoms with Gasteiger partial charge in [0.15, 0.2) is 16.6 Å². The summed E-state index contributed by atoms with van der Waals surface area (Å²) in [6, 6.07) is 5.55. The molecule has 2 heterocycles. The number of fused-ring (bicyclic) bond motifs is 1. The summed E-state index contributed by atoms with van der Waals surface area (Å²) in [6.45, 7) is 4.83. The van der Waals surface area contributed by atoms with E-state index in [4.69, 9.17) is 26.4 Å².